The molecule has 0 radical (unpaired) electrons. The third-order valence-electron chi connectivity index (χ3n) is 7.65. The third kappa shape index (κ3) is 5.50. The Kier molecular flexibility index (Phi) is 7.98. The molecule has 2 aromatic carbocycles. The van der Waals surface area contributed by atoms with Gasteiger partial charge in [0, 0.05) is 35.5 Å². The van der Waals surface area contributed by atoms with Crippen molar-refractivity contribution in [2.45, 2.75) is 44.9 Å². The Balaban J connectivity index is 1.54. The molecule has 10 heteroatoms. The van der Waals surface area contributed by atoms with Crippen LogP contribution in [0.4, 0.5) is 14.5 Å². The Morgan fingerprint density at radius 2 is 1.98 bits per heavy atom. The number of anilines is 1. The quantitative estimate of drug-likeness (QED) is 0.353. The molecule has 3 aromatic rings. The number of aromatic nitrogens is 1. The highest BCUT2D eigenvalue weighted by atomic mass is 35.5. The summed E-state index contributed by atoms with van der Waals surface area (Å²) in [6.45, 7) is 2.16. The minimum absolute atomic E-state index is 0.176. The third-order valence-corrected chi connectivity index (χ3v) is 7.94. The summed E-state index contributed by atoms with van der Waals surface area (Å²) in [6, 6.07) is 10.6. The molecule has 5 rings (SSSR count). The van der Waals surface area contributed by atoms with E-state index in [-0.39, 0.29) is 34.0 Å². The van der Waals surface area contributed by atoms with E-state index >= 15 is 0 Å². The number of carbonyl (C=O) groups excluding carboxylic acids is 2. The zero-order valence-electron chi connectivity index (χ0n) is 21.8. The summed E-state index contributed by atoms with van der Waals surface area (Å²) in [5.41, 5.74) is 8.52. The van der Waals surface area contributed by atoms with Crippen LogP contribution in [0.15, 0.2) is 54.7 Å². The standard InChI is InChI=1S/C30H29ClF2N4O3/c1-16-3-2-4-25(37-12-10-18(15-26(37)38)27-22(32)8-7-21(31)28(27)33)24-13-17(9-11-35-24)20-6-5-19(29(34)39)14-23(20)36-30(16)40/h5-9,11,13-16,25-26,38H,2-4,10,12H2,1H3,(H2,34,39)(H,36,40)/t16?,25-,26?/m0/s1. The van der Waals surface area contributed by atoms with Gasteiger partial charge in [0.05, 0.1) is 22.3 Å². The Bertz CT molecular complexity index is 1510. The second-order valence-corrected chi connectivity index (χ2v) is 10.6. The number of halogens is 3. The average Bonchev–Trinajstić information content (AvgIpc) is 2.93. The van der Waals surface area contributed by atoms with Crippen LogP contribution in [-0.2, 0) is 4.79 Å². The lowest BCUT2D eigenvalue weighted by Crippen LogP contribution is -2.41. The molecule has 4 N–H and O–H groups in total. The van der Waals surface area contributed by atoms with Gasteiger partial charge in [0.1, 0.15) is 12.0 Å². The Hall–Kier alpha value is -3.66. The summed E-state index contributed by atoms with van der Waals surface area (Å²) in [5.74, 6) is -2.68. The van der Waals surface area contributed by atoms with E-state index in [9.17, 15) is 23.5 Å². The molecule has 1 aromatic heterocycles. The second-order valence-electron chi connectivity index (χ2n) is 10.2. The molecule has 2 aliphatic rings. The average molecular weight is 567 g/mol. The highest BCUT2D eigenvalue weighted by Crippen LogP contribution is 2.38. The summed E-state index contributed by atoms with van der Waals surface area (Å²) in [6.07, 6.45) is 4.12. The van der Waals surface area contributed by atoms with Crippen molar-refractivity contribution in [3.8, 4) is 11.1 Å². The van der Waals surface area contributed by atoms with E-state index in [1.54, 1.807) is 30.5 Å². The molecule has 0 saturated heterocycles. The molecule has 3 atom stereocenters. The molecule has 3 heterocycles. The first-order chi connectivity index (χ1) is 19.1. The van der Waals surface area contributed by atoms with Crippen molar-refractivity contribution in [3.05, 3.63) is 88.2 Å². The number of rotatable bonds is 3. The highest BCUT2D eigenvalue weighted by Gasteiger charge is 2.32. The first-order valence-corrected chi connectivity index (χ1v) is 13.5. The van der Waals surface area contributed by atoms with E-state index in [0.29, 0.717) is 54.7 Å². The molecule has 0 fully saturated rings. The number of fused-ring (bicyclic) bond motifs is 4. The zero-order valence-corrected chi connectivity index (χ0v) is 22.6. The van der Waals surface area contributed by atoms with Gasteiger partial charge >= 0.3 is 0 Å². The van der Waals surface area contributed by atoms with Crippen LogP contribution in [0, 0.1) is 17.6 Å². The lowest BCUT2D eigenvalue weighted by atomic mass is 9.92. The summed E-state index contributed by atoms with van der Waals surface area (Å²) in [7, 11) is 0. The van der Waals surface area contributed by atoms with Gasteiger partial charge in [0.15, 0.2) is 5.82 Å². The number of aliphatic hydroxyl groups is 1. The predicted molar refractivity (Wildman–Crippen MR) is 149 cm³/mol. The second kappa shape index (κ2) is 11.4. The minimum atomic E-state index is -1.13. The van der Waals surface area contributed by atoms with Gasteiger partial charge in [-0.1, -0.05) is 31.0 Å². The number of benzene rings is 2. The number of amides is 2. The van der Waals surface area contributed by atoms with E-state index in [1.165, 1.54) is 12.1 Å². The van der Waals surface area contributed by atoms with Crippen LogP contribution in [0.3, 0.4) is 0 Å². The van der Waals surface area contributed by atoms with Crippen molar-refractivity contribution in [2.75, 3.05) is 11.9 Å². The first kappa shape index (κ1) is 27.9. The number of hydrogen-bond acceptors (Lipinski definition) is 5. The van der Waals surface area contributed by atoms with Gasteiger partial charge in [-0.15, -0.1) is 0 Å². The van der Waals surface area contributed by atoms with Crippen LogP contribution < -0.4 is 11.1 Å². The SMILES string of the molecule is CC1CCC[C@H](N2CCC(c3c(F)ccc(Cl)c3F)=CC2O)c2cc(ccn2)-c2ccc(C(N)=O)cc2NC1=O. The molecule has 2 bridgehead atoms. The van der Waals surface area contributed by atoms with Gasteiger partial charge in [-0.2, -0.15) is 0 Å². The molecular weight excluding hydrogens is 538 g/mol. The molecule has 7 nitrogen and oxygen atoms in total. The Morgan fingerprint density at radius 1 is 1.18 bits per heavy atom. The molecule has 0 saturated carbocycles. The number of aliphatic hydroxyl groups excluding tert-OH is 1. The molecule has 2 amide bonds. The molecule has 0 aliphatic carbocycles. The van der Waals surface area contributed by atoms with Gasteiger partial charge in [-0.25, -0.2) is 8.78 Å². The largest absolute Gasteiger partial charge is 0.375 e. The molecule has 0 spiro atoms. The van der Waals surface area contributed by atoms with Crippen LogP contribution in [-0.4, -0.2) is 39.6 Å². The van der Waals surface area contributed by atoms with E-state index in [1.807, 2.05) is 17.9 Å². The van der Waals surface area contributed by atoms with Crippen molar-refractivity contribution in [1.29, 1.82) is 0 Å². The Morgan fingerprint density at radius 3 is 2.73 bits per heavy atom. The molecule has 40 heavy (non-hydrogen) atoms. The van der Waals surface area contributed by atoms with Gasteiger partial charge in [0.25, 0.3) is 0 Å². The molecular formula is C30H29ClF2N4O3. The van der Waals surface area contributed by atoms with Crippen molar-refractivity contribution >= 4 is 34.7 Å². The maximum absolute atomic E-state index is 14.7. The number of nitrogens with two attached hydrogens (primary N) is 1. The normalized spacial score (nSPS) is 21.9. The van der Waals surface area contributed by atoms with Gasteiger partial charge in [0.2, 0.25) is 11.8 Å². The summed E-state index contributed by atoms with van der Waals surface area (Å²) in [5, 5.41) is 14.0. The summed E-state index contributed by atoms with van der Waals surface area (Å²) >= 11 is 5.90. The van der Waals surface area contributed by atoms with Crippen LogP contribution in [0.5, 0.6) is 0 Å². The monoisotopic (exact) mass is 566 g/mol. The first-order valence-electron chi connectivity index (χ1n) is 13.1. The van der Waals surface area contributed by atoms with Crippen molar-refractivity contribution < 1.29 is 23.5 Å². The van der Waals surface area contributed by atoms with Crippen molar-refractivity contribution in [1.82, 2.24) is 9.88 Å². The van der Waals surface area contributed by atoms with Crippen LogP contribution in [0.25, 0.3) is 16.7 Å². The lowest BCUT2D eigenvalue weighted by molar-refractivity contribution is -0.119. The predicted octanol–water partition coefficient (Wildman–Crippen LogP) is 5.69. The van der Waals surface area contributed by atoms with Gasteiger partial charge in [-0.05, 0) is 72.9 Å². The van der Waals surface area contributed by atoms with Crippen molar-refractivity contribution in [3.63, 3.8) is 0 Å². The number of pyridine rings is 1. The fraction of sp³-hybridized carbons (Fsp3) is 0.300. The molecule has 2 aliphatic heterocycles. The van der Waals surface area contributed by atoms with Crippen LogP contribution >= 0.6 is 11.6 Å². The number of primary amides is 1. The smallest absolute Gasteiger partial charge is 0.248 e. The maximum Gasteiger partial charge on any atom is 0.248 e. The topological polar surface area (TPSA) is 109 Å². The highest BCUT2D eigenvalue weighted by molar-refractivity contribution is 6.30. The fourth-order valence-corrected chi connectivity index (χ4v) is 5.61. The van der Waals surface area contributed by atoms with Gasteiger partial charge < -0.3 is 16.2 Å². The number of nitrogens with one attached hydrogen (secondary N) is 1. The maximum atomic E-state index is 14.7. The van der Waals surface area contributed by atoms with Crippen LogP contribution in [0.2, 0.25) is 5.02 Å². The van der Waals surface area contributed by atoms with E-state index < -0.39 is 23.8 Å². The number of nitrogens with zero attached hydrogens (tertiary/aromatic N) is 2. The minimum Gasteiger partial charge on any atom is -0.375 e. The van der Waals surface area contributed by atoms with E-state index in [2.05, 4.69) is 10.3 Å². The number of carbonyl (C=O) groups is 2. The molecule has 2 unspecified atom stereocenters. The lowest BCUT2D eigenvalue weighted by Gasteiger charge is -2.38. The van der Waals surface area contributed by atoms with E-state index in [0.717, 1.165) is 11.6 Å². The van der Waals surface area contributed by atoms with Gasteiger partial charge in [-0.3, -0.25) is 19.5 Å². The fourth-order valence-electron chi connectivity index (χ4n) is 5.45. The van der Waals surface area contributed by atoms with Crippen molar-refractivity contribution in [2.24, 2.45) is 11.7 Å². The van der Waals surface area contributed by atoms with E-state index in [4.69, 9.17) is 17.3 Å². The summed E-state index contributed by atoms with van der Waals surface area (Å²) in [4.78, 5) is 31.3. The number of hydrogen-bond donors (Lipinski definition) is 3. The Labute approximate surface area is 235 Å². The summed E-state index contributed by atoms with van der Waals surface area (Å²) < 4.78 is 29.3. The molecule has 208 valence electrons. The zero-order chi connectivity index (χ0) is 28.6. The van der Waals surface area contributed by atoms with Crippen LogP contribution in [0.1, 0.15) is 60.3 Å².